The average Bonchev–Trinajstić information content (AvgIpc) is 3.20. The SMILES string of the molecule is Cc1ccc(/C(=C\c2cccc(F)c2)C(=O)N2CCc3ccc(C(=O)NO)cc32)cc1. The van der Waals surface area contributed by atoms with Gasteiger partial charge in [0, 0.05) is 23.4 Å². The van der Waals surface area contributed by atoms with Gasteiger partial charge in [-0.25, -0.2) is 9.87 Å². The van der Waals surface area contributed by atoms with E-state index in [2.05, 4.69) is 0 Å². The molecule has 0 spiro atoms. The van der Waals surface area contributed by atoms with Crippen LogP contribution in [0, 0.1) is 12.7 Å². The van der Waals surface area contributed by atoms with Gasteiger partial charge < -0.3 is 4.90 Å². The van der Waals surface area contributed by atoms with Gasteiger partial charge in [-0.05, 0) is 60.4 Å². The van der Waals surface area contributed by atoms with E-state index in [0.29, 0.717) is 29.8 Å². The van der Waals surface area contributed by atoms with E-state index in [4.69, 9.17) is 5.21 Å². The number of halogens is 1. The number of hydrogen-bond acceptors (Lipinski definition) is 3. The van der Waals surface area contributed by atoms with Crippen molar-refractivity contribution in [2.24, 2.45) is 0 Å². The van der Waals surface area contributed by atoms with Crippen molar-refractivity contribution in [2.75, 3.05) is 11.4 Å². The zero-order valence-corrected chi connectivity index (χ0v) is 16.9. The molecule has 0 bridgehead atoms. The number of rotatable bonds is 4. The number of amides is 2. The Kier molecular flexibility index (Phi) is 5.64. The van der Waals surface area contributed by atoms with Crippen molar-refractivity contribution in [3.63, 3.8) is 0 Å². The van der Waals surface area contributed by atoms with Crippen molar-refractivity contribution in [3.05, 3.63) is 100 Å². The first kappa shape index (κ1) is 20.5. The van der Waals surface area contributed by atoms with Crippen LogP contribution in [0.5, 0.6) is 0 Å². The van der Waals surface area contributed by atoms with Crippen molar-refractivity contribution in [3.8, 4) is 0 Å². The third-order valence-corrected chi connectivity index (χ3v) is 5.34. The van der Waals surface area contributed by atoms with Crippen LogP contribution in [0.1, 0.15) is 32.6 Å². The number of hydroxylamine groups is 1. The number of nitrogens with zero attached hydrogens (tertiary/aromatic N) is 1. The predicted octanol–water partition coefficient (Wildman–Crippen LogP) is 4.38. The number of carbonyl (C=O) groups is 2. The summed E-state index contributed by atoms with van der Waals surface area (Å²) in [6.45, 7) is 2.43. The highest BCUT2D eigenvalue weighted by atomic mass is 19.1. The Morgan fingerprint density at radius 2 is 1.77 bits per heavy atom. The normalized spacial score (nSPS) is 13.1. The molecule has 0 fully saturated rings. The molecule has 1 heterocycles. The summed E-state index contributed by atoms with van der Waals surface area (Å²) in [5.41, 5.74) is 6.23. The van der Waals surface area contributed by atoms with E-state index in [1.54, 1.807) is 46.8 Å². The maximum absolute atomic E-state index is 13.7. The first-order valence-electron chi connectivity index (χ1n) is 9.90. The number of anilines is 1. The molecule has 0 aliphatic carbocycles. The number of benzene rings is 3. The Hall–Kier alpha value is -3.77. The largest absolute Gasteiger partial charge is 0.308 e. The molecule has 3 aromatic carbocycles. The van der Waals surface area contributed by atoms with Gasteiger partial charge in [0.2, 0.25) is 0 Å². The second-order valence-electron chi connectivity index (χ2n) is 7.47. The van der Waals surface area contributed by atoms with Crippen LogP contribution in [0.4, 0.5) is 10.1 Å². The highest BCUT2D eigenvalue weighted by Gasteiger charge is 2.28. The standard InChI is InChI=1S/C25H21FN2O3/c1-16-5-7-18(8-6-16)22(14-17-3-2-4-21(26)13-17)25(30)28-12-11-19-9-10-20(15-23(19)28)24(29)27-31/h2-10,13-15,31H,11-12H2,1H3,(H,27,29)/b22-14+. The molecule has 3 aromatic rings. The molecule has 1 aliphatic rings. The Balaban J connectivity index is 1.78. The monoisotopic (exact) mass is 416 g/mol. The molecule has 0 aromatic heterocycles. The fourth-order valence-corrected chi connectivity index (χ4v) is 3.71. The number of hydrogen-bond donors (Lipinski definition) is 2. The van der Waals surface area contributed by atoms with Gasteiger partial charge in [-0.15, -0.1) is 0 Å². The summed E-state index contributed by atoms with van der Waals surface area (Å²) >= 11 is 0. The number of carbonyl (C=O) groups excluding carboxylic acids is 2. The molecule has 2 amide bonds. The number of fused-ring (bicyclic) bond motifs is 1. The number of nitrogens with one attached hydrogen (secondary N) is 1. The predicted molar refractivity (Wildman–Crippen MR) is 117 cm³/mol. The van der Waals surface area contributed by atoms with Crippen molar-refractivity contribution < 1.29 is 19.2 Å². The molecule has 0 unspecified atom stereocenters. The lowest BCUT2D eigenvalue weighted by Gasteiger charge is -2.20. The maximum Gasteiger partial charge on any atom is 0.274 e. The highest BCUT2D eigenvalue weighted by Crippen LogP contribution is 2.33. The fourth-order valence-electron chi connectivity index (χ4n) is 3.71. The van der Waals surface area contributed by atoms with Crippen LogP contribution in [0.25, 0.3) is 11.6 Å². The molecule has 0 atom stereocenters. The van der Waals surface area contributed by atoms with Gasteiger partial charge in [-0.3, -0.25) is 14.8 Å². The Labute approximate surface area is 179 Å². The lowest BCUT2D eigenvalue weighted by molar-refractivity contribution is -0.113. The molecular formula is C25H21FN2O3. The van der Waals surface area contributed by atoms with Crippen LogP contribution < -0.4 is 10.4 Å². The highest BCUT2D eigenvalue weighted by molar-refractivity contribution is 6.30. The van der Waals surface area contributed by atoms with Crippen LogP contribution >= 0.6 is 0 Å². The molecule has 0 saturated heterocycles. The minimum Gasteiger partial charge on any atom is -0.308 e. The Morgan fingerprint density at radius 1 is 1.03 bits per heavy atom. The van der Waals surface area contributed by atoms with Gasteiger partial charge in [0.25, 0.3) is 11.8 Å². The summed E-state index contributed by atoms with van der Waals surface area (Å²) in [7, 11) is 0. The molecule has 2 N–H and O–H groups in total. The molecule has 5 nitrogen and oxygen atoms in total. The molecule has 1 aliphatic heterocycles. The van der Waals surface area contributed by atoms with Gasteiger partial charge in [-0.1, -0.05) is 48.0 Å². The van der Waals surface area contributed by atoms with E-state index in [1.165, 1.54) is 12.1 Å². The van der Waals surface area contributed by atoms with Gasteiger partial charge in [0.1, 0.15) is 5.82 Å². The fraction of sp³-hybridized carbons (Fsp3) is 0.120. The van der Waals surface area contributed by atoms with Crippen LogP contribution in [0.2, 0.25) is 0 Å². The van der Waals surface area contributed by atoms with Crippen LogP contribution in [-0.4, -0.2) is 23.6 Å². The van der Waals surface area contributed by atoms with E-state index in [0.717, 1.165) is 16.7 Å². The van der Waals surface area contributed by atoms with Crippen molar-refractivity contribution >= 4 is 29.2 Å². The average molecular weight is 416 g/mol. The Bertz CT molecular complexity index is 1190. The summed E-state index contributed by atoms with van der Waals surface area (Å²) < 4.78 is 13.7. The first-order valence-corrected chi connectivity index (χ1v) is 9.90. The smallest absolute Gasteiger partial charge is 0.274 e. The third kappa shape index (κ3) is 4.25. The third-order valence-electron chi connectivity index (χ3n) is 5.34. The van der Waals surface area contributed by atoms with Crippen molar-refractivity contribution in [1.82, 2.24) is 5.48 Å². The quantitative estimate of drug-likeness (QED) is 0.287. The van der Waals surface area contributed by atoms with Crippen molar-refractivity contribution in [1.29, 1.82) is 0 Å². The number of aryl methyl sites for hydroxylation is 1. The summed E-state index contributed by atoms with van der Waals surface area (Å²) in [5.74, 6) is -1.26. The van der Waals surface area contributed by atoms with Gasteiger partial charge in [0.15, 0.2) is 0 Å². The van der Waals surface area contributed by atoms with Crippen LogP contribution in [0.15, 0.2) is 66.7 Å². The lowest BCUT2D eigenvalue weighted by atomic mass is 10.00. The maximum atomic E-state index is 13.7. The second-order valence-corrected chi connectivity index (χ2v) is 7.47. The van der Waals surface area contributed by atoms with Crippen molar-refractivity contribution in [2.45, 2.75) is 13.3 Å². The second kappa shape index (κ2) is 8.53. The zero-order valence-electron chi connectivity index (χ0n) is 16.9. The lowest BCUT2D eigenvalue weighted by Crippen LogP contribution is -2.30. The zero-order chi connectivity index (χ0) is 22.0. The molecule has 4 rings (SSSR count). The van der Waals surface area contributed by atoms with E-state index >= 15 is 0 Å². The topological polar surface area (TPSA) is 69.6 Å². The molecular weight excluding hydrogens is 395 g/mol. The van der Waals surface area contributed by atoms with Crippen LogP contribution in [0.3, 0.4) is 0 Å². The summed E-state index contributed by atoms with van der Waals surface area (Å²) in [6.07, 6.45) is 2.33. The van der Waals surface area contributed by atoms with E-state index in [-0.39, 0.29) is 17.3 Å². The van der Waals surface area contributed by atoms with Gasteiger partial charge in [-0.2, -0.15) is 0 Å². The first-order chi connectivity index (χ1) is 15.0. The van der Waals surface area contributed by atoms with Gasteiger partial charge >= 0.3 is 0 Å². The van der Waals surface area contributed by atoms with Crippen LogP contribution in [-0.2, 0) is 11.2 Å². The molecule has 6 heteroatoms. The minimum absolute atomic E-state index is 0.242. The minimum atomic E-state index is -0.642. The molecule has 31 heavy (non-hydrogen) atoms. The summed E-state index contributed by atoms with van der Waals surface area (Å²) in [6, 6.07) is 18.6. The molecule has 0 radical (unpaired) electrons. The molecule has 156 valence electrons. The summed E-state index contributed by atoms with van der Waals surface area (Å²) in [5, 5.41) is 8.94. The molecule has 0 saturated carbocycles. The summed E-state index contributed by atoms with van der Waals surface area (Å²) in [4.78, 5) is 27.1. The van der Waals surface area contributed by atoms with Gasteiger partial charge in [0.05, 0.1) is 0 Å². The van der Waals surface area contributed by atoms with E-state index in [9.17, 15) is 14.0 Å². The van der Waals surface area contributed by atoms with E-state index < -0.39 is 5.91 Å². The Morgan fingerprint density at radius 3 is 2.48 bits per heavy atom. The van der Waals surface area contributed by atoms with E-state index in [1.807, 2.05) is 31.2 Å².